The number of anilines is 1. The molecule has 1 N–H and O–H groups in total. The fourth-order valence-electron chi connectivity index (χ4n) is 1.80. The Morgan fingerprint density at radius 3 is 2.65 bits per heavy atom. The van der Waals surface area contributed by atoms with Crippen LogP contribution in [-0.2, 0) is 0 Å². The third-order valence-electron chi connectivity index (χ3n) is 2.83. The topological polar surface area (TPSA) is 80.0 Å². The number of rotatable bonds is 3. The Balaban J connectivity index is 2.04. The monoisotopic (exact) mass is 271 g/mol. The highest BCUT2D eigenvalue weighted by Gasteiger charge is 2.16. The Kier molecular flexibility index (Phi) is 2.86. The van der Waals surface area contributed by atoms with Crippen molar-refractivity contribution in [2.45, 2.75) is 0 Å². The van der Waals surface area contributed by atoms with Gasteiger partial charge in [-0.3, -0.25) is 9.89 Å². The molecule has 0 amide bonds. The fourth-order valence-corrected chi connectivity index (χ4v) is 1.80. The lowest BCUT2D eigenvalue weighted by molar-refractivity contribution is 0.430. The summed E-state index contributed by atoms with van der Waals surface area (Å²) in [5, 5.41) is 6.68. The molecule has 0 aliphatic heterocycles. The number of benzene rings is 1. The summed E-state index contributed by atoms with van der Waals surface area (Å²) in [5.74, 6) is 0.622. The molecule has 3 aromatic rings. The second-order valence-corrected chi connectivity index (χ2v) is 4.46. The Labute approximate surface area is 114 Å². The molecule has 0 radical (unpaired) electrons. The summed E-state index contributed by atoms with van der Waals surface area (Å²) in [5.41, 5.74) is 0.857. The van der Waals surface area contributed by atoms with Gasteiger partial charge in [0, 0.05) is 20.3 Å². The van der Waals surface area contributed by atoms with Gasteiger partial charge in [0.1, 0.15) is 5.56 Å². The molecule has 20 heavy (non-hydrogen) atoms. The molecule has 0 bridgehead atoms. The molecule has 2 heterocycles. The van der Waals surface area contributed by atoms with Crippen molar-refractivity contribution in [3.05, 3.63) is 46.9 Å². The SMILES string of the molecule is CN(C)c1noc(-c2c[nH]n(-c3ccccc3)c2=O)n1. The van der Waals surface area contributed by atoms with Gasteiger partial charge in [0.2, 0.25) is 0 Å². The molecule has 7 nitrogen and oxygen atoms in total. The average molecular weight is 271 g/mol. The lowest BCUT2D eigenvalue weighted by Gasteiger charge is -2.02. The summed E-state index contributed by atoms with van der Waals surface area (Å²) >= 11 is 0. The Morgan fingerprint density at radius 2 is 2.00 bits per heavy atom. The molecule has 0 fully saturated rings. The van der Waals surface area contributed by atoms with Crippen molar-refractivity contribution in [1.29, 1.82) is 0 Å². The van der Waals surface area contributed by atoms with Crippen LogP contribution in [0.25, 0.3) is 17.1 Å². The van der Waals surface area contributed by atoms with E-state index in [-0.39, 0.29) is 11.4 Å². The average Bonchev–Trinajstić information content (AvgIpc) is 3.06. The van der Waals surface area contributed by atoms with Crippen LogP contribution in [-0.4, -0.2) is 34.0 Å². The van der Waals surface area contributed by atoms with Gasteiger partial charge < -0.3 is 9.42 Å². The van der Waals surface area contributed by atoms with Crippen LogP contribution in [0.5, 0.6) is 0 Å². The number of nitrogens with zero attached hydrogens (tertiary/aromatic N) is 4. The van der Waals surface area contributed by atoms with E-state index in [0.29, 0.717) is 11.5 Å². The van der Waals surface area contributed by atoms with Crippen LogP contribution >= 0.6 is 0 Å². The van der Waals surface area contributed by atoms with Crippen molar-refractivity contribution >= 4 is 5.95 Å². The molecule has 0 saturated heterocycles. The van der Waals surface area contributed by atoms with Crippen LogP contribution in [0.4, 0.5) is 5.95 Å². The number of hydrogen-bond acceptors (Lipinski definition) is 5. The number of hydrogen-bond donors (Lipinski definition) is 1. The van der Waals surface area contributed by atoms with Crippen LogP contribution in [0.15, 0.2) is 45.8 Å². The minimum Gasteiger partial charge on any atom is -0.344 e. The predicted octanol–water partition coefficient (Wildman–Crippen LogP) is 1.28. The second-order valence-electron chi connectivity index (χ2n) is 4.46. The second kappa shape index (κ2) is 4.69. The Bertz CT molecular complexity index is 769. The Morgan fingerprint density at radius 1 is 1.25 bits per heavy atom. The van der Waals surface area contributed by atoms with Gasteiger partial charge in [-0.15, -0.1) is 0 Å². The third kappa shape index (κ3) is 1.99. The maximum absolute atomic E-state index is 12.3. The molecule has 0 saturated carbocycles. The standard InChI is InChI=1S/C13H13N5O2/c1-17(2)13-15-11(20-16-13)10-8-14-18(12(10)19)9-6-4-3-5-7-9/h3-8,14H,1-2H3. The lowest BCUT2D eigenvalue weighted by atomic mass is 10.3. The van der Waals surface area contributed by atoms with Crippen molar-refractivity contribution in [3.63, 3.8) is 0 Å². The predicted molar refractivity (Wildman–Crippen MR) is 74.0 cm³/mol. The normalized spacial score (nSPS) is 10.7. The van der Waals surface area contributed by atoms with E-state index in [4.69, 9.17) is 4.52 Å². The number of H-pyrrole nitrogens is 1. The van der Waals surface area contributed by atoms with E-state index in [1.165, 1.54) is 4.68 Å². The first-order valence-electron chi connectivity index (χ1n) is 6.04. The summed E-state index contributed by atoms with van der Waals surface area (Å²) in [4.78, 5) is 18.2. The molecule has 0 unspecified atom stereocenters. The number of aromatic nitrogens is 4. The number of nitrogens with one attached hydrogen (secondary N) is 1. The minimum atomic E-state index is -0.231. The van der Waals surface area contributed by atoms with E-state index in [2.05, 4.69) is 15.2 Å². The van der Waals surface area contributed by atoms with Gasteiger partial charge in [-0.05, 0) is 17.3 Å². The molecule has 1 aromatic carbocycles. The van der Waals surface area contributed by atoms with Crippen LogP contribution < -0.4 is 10.5 Å². The van der Waals surface area contributed by atoms with Gasteiger partial charge in [-0.2, -0.15) is 4.98 Å². The van der Waals surface area contributed by atoms with E-state index in [0.717, 1.165) is 5.69 Å². The van der Waals surface area contributed by atoms with Crippen molar-refractivity contribution in [2.75, 3.05) is 19.0 Å². The summed E-state index contributed by atoms with van der Waals surface area (Å²) in [6.07, 6.45) is 1.56. The van der Waals surface area contributed by atoms with E-state index in [1.54, 1.807) is 25.2 Å². The zero-order valence-electron chi connectivity index (χ0n) is 11.1. The molecule has 3 rings (SSSR count). The first kappa shape index (κ1) is 12.2. The highest BCUT2D eigenvalue weighted by Crippen LogP contribution is 2.16. The smallest absolute Gasteiger partial charge is 0.284 e. The third-order valence-corrected chi connectivity index (χ3v) is 2.83. The number of para-hydroxylation sites is 1. The summed E-state index contributed by atoms with van der Waals surface area (Å²) in [6.45, 7) is 0. The highest BCUT2D eigenvalue weighted by atomic mass is 16.5. The van der Waals surface area contributed by atoms with E-state index < -0.39 is 0 Å². The van der Waals surface area contributed by atoms with Crippen molar-refractivity contribution in [1.82, 2.24) is 19.9 Å². The van der Waals surface area contributed by atoms with E-state index >= 15 is 0 Å². The highest BCUT2D eigenvalue weighted by molar-refractivity contribution is 5.52. The summed E-state index contributed by atoms with van der Waals surface area (Å²) in [7, 11) is 3.60. The zero-order chi connectivity index (χ0) is 14.1. The molecular formula is C13H13N5O2. The van der Waals surface area contributed by atoms with Crippen molar-refractivity contribution in [3.8, 4) is 17.1 Å². The van der Waals surface area contributed by atoms with Gasteiger partial charge in [0.05, 0.1) is 5.69 Å². The van der Waals surface area contributed by atoms with E-state index in [1.807, 2.05) is 30.3 Å². The van der Waals surface area contributed by atoms with Crippen molar-refractivity contribution < 1.29 is 4.52 Å². The van der Waals surface area contributed by atoms with Gasteiger partial charge in [0.25, 0.3) is 17.4 Å². The van der Waals surface area contributed by atoms with Gasteiger partial charge in [-0.25, -0.2) is 4.68 Å². The summed E-state index contributed by atoms with van der Waals surface area (Å²) in [6, 6.07) is 9.28. The maximum atomic E-state index is 12.3. The molecule has 0 aliphatic carbocycles. The van der Waals surface area contributed by atoms with Crippen LogP contribution in [0.3, 0.4) is 0 Å². The van der Waals surface area contributed by atoms with Gasteiger partial charge in [-0.1, -0.05) is 18.2 Å². The zero-order valence-corrected chi connectivity index (χ0v) is 11.1. The summed E-state index contributed by atoms with van der Waals surface area (Å²) < 4.78 is 6.53. The first-order valence-corrected chi connectivity index (χ1v) is 6.04. The van der Waals surface area contributed by atoms with Crippen molar-refractivity contribution in [2.24, 2.45) is 0 Å². The molecule has 0 aliphatic rings. The minimum absolute atomic E-state index is 0.199. The Hall–Kier alpha value is -2.83. The molecule has 102 valence electrons. The molecule has 0 spiro atoms. The molecule has 2 aromatic heterocycles. The van der Waals surface area contributed by atoms with Crippen LogP contribution in [0, 0.1) is 0 Å². The van der Waals surface area contributed by atoms with Gasteiger partial charge >= 0.3 is 0 Å². The van der Waals surface area contributed by atoms with E-state index in [9.17, 15) is 4.79 Å². The lowest BCUT2D eigenvalue weighted by Crippen LogP contribution is -2.15. The van der Waals surface area contributed by atoms with Crippen LogP contribution in [0.1, 0.15) is 0 Å². The number of aromatic amines is 1. The molecule has 7 heteroatoms. The first-order chi connectivity index (χ1) is 9.66. The van der Waals surface area contributed by atoms with Crippen LogP contribution in [0.2, 0.25) is 0 Å². The largest absolute Gasteiger partial charge is 0.344 e. The maximum Gasteiger partial charge on any atom is 0.284 e. The van der Waals surface area contributed by atoms with Gasteiger partial charge in [0.15, 0.2) is 0 Å². The molecule has 0 atom stereocenters. The fraction of sp³-hybridized carbons (Fsp3) is 0.154. The molecular weight excluding hydrogens is 258 g/mol. The quantitative estimate of drug-likeness (QED) is 0.776.